The van der Waals surface area contributed by atoms with Gasteiger partial charge in [-0.2, -0.15) is 0 Å². The summed E-state index contributed by atoms with van der Waals surface area (Å²) in [6.45, 7) is 3.24. The molecule has 0 N–H and O–H groups in total. The van der Waals surface area contributed by atoms with E-state index in [1.54, 1.807) is 12.4 Å². The minimum atomic E-state index is 0.315. The van der Waals surface area contributed by atoms with Crippen molar-refractivity contribution in [3.8, 4) is 0 Å². The summed E-state index contributed by atoms with van der Waals surface area (Å²) >= 11 is 0. The maximum atomic E-state index is 12.0. The number of imidazole rings is 1. The molecule has 4 rings (SSSR count). The molecule has 1 amide bonds. The SMILES string of the molecule is O=C(C1CC1)N1CCN(c2nccn3ccnc23)CC1. The van der Waals surface area contributed by atoms with Crippen molar-refractivity contribution in [3.63, 3.8) is 0 Å². The molecule has 2 aromatic heterocycles. The van der Waals surface area contributed by atoms with Crippen molar-refractivity contribution in [2.24, 2.45) is 5.92 Å². The highest BCUT2D eigenvalue weighted by atomic mass is 16.2. The molecule has 6 nitrogen and oxygen atoms in total. The van der Waals surface area contributed by atoms with Gasteiger partial charge in [0.05, 0.1) is 0 Å². The molecule has 20 heavy (non-hydrogen) atoms. The number of carbonyl (C=O) groups is 1. The van der Waals surface area contributed by atoms with Crippen LogP contribution in [0.2, 0.25) is 0 Å². The van der Waals surface area contributed by atoms with E-state index in [-0.39, 0.29) is 0 Å². The van der Waals surface area contributed by atoms with E-state index in [1.807, 2.05) is 21.7 Å². The van der Waals surface area contributed by atoms with Crippen LogP contribution in [0.4, 0.5) is 5.82 Å². The van der Waals surface area contributed by atoms with Crippen LogP contribution in [0.15, 0.2) is 24.8 Å². The van der Waals surface area contributed by atoms with Crippen LogP contribution in [0.25, 0.3) is 5.65 Å². The van der Waals surface area contributed by atoms with Gasteiger partial charge >= 0.3 is 0 Å². The quantitative estimate of drug-likeness (QED) is 0.810. The molecule has 1 aliphatic heterocycles. The summed E-state index contributed by atoms with van der Waals surface area (Å²) in [5.41, 5.74) is 0.884. The van der Waals surface area contributed by atoms with Gasteiger partial charge < -0.3 is 14.2 Å². The van der Waals surface area contributed by atoms with Crippen LogP contribution in [0.5, 0.6) is 0 Å². The number of piperazine rings is 1. The van der Waals surface area contributed by atoms with Gasteiger partial charge in [-0.3, -0.25) is 4.79 Å². The summed E-state index contributed by atoms with van der Waals surface area (Å²) in [7, 11) is 0. The fraction of sp³-hybridized carbons (Fsp3) is 0.500. The molecule has 0 atom stereocenters. The molecule has 0 bridgehead atoms. The standard InChI is InChI=1S/C14H17N5O/c20-14(11-1-2-11)19-9-7-18(8-10-19)13-12-15-3-5-17(12)6-4-16-13/h3-6,11H,1-2,7-10H2. The highest BCUT2D eigenvalue weighted by Crippen LogP contribution is 2.31. The molecule has 2 aliphatic rings. The van der Waals surface area contributed by atoms with E-state index in [0.29, 0.717) is 11.8 Å². The van der Waals surface area contributed by atoms with E-state index in [2.05, 4.69) is 14.9 Å². The zero-order valence-electron chi connectivity index (χ0n) is 11.3. The topological polar surface area (TPSA) is 53.7 Å². The lowest BCUT2D eigenvalue weighted by Crippen LogP contribution is -2.49. The summed E-state index contributed by atoms with van der Waals surface area (Å²) < 4.78 is 1.98. The summed E-state index contributed by atoms with van der Waals surface area (Å²) in [5, 5.41) is 0. The fourth-order valence-electron chi connectivity index (χ4n) is 2.79. The second-order valence-electron chi connectivity index (χ2n) is 5.50. The first-order valence-electron chi connectivity index (χ1n) is 7.14. The van der Waals surface area contributed by atoms with Gasteiger partial charge in [0.15, 0.2) is 11.5 Å². The first kappa shape index (κ1) is 11.7. The second-order valence-corrected chi connectivity index (χ2v) is 5.50. The Morgan fingerprint density at radius 3 is 2.45 bits per heavy atom. The van der Waals surface area contributed by atoms with E-state index < -0.39 is 0 Å². The lowest BCUT2D eigenvalue weighted by molar-refractivity contribution is -0.132. The average Bonchev–Trinajstić information content (AvgIpc) is 3.23. The monoisotopic (exact) mass is 271 g/mol. The predicted molar refractivity (Wildman–Crippen MR) is 74.5 cm³/mol. The van der Waals surface area contributed by atoms with Gasteiger partial charge in [0, 0.05) is 56.9 Å². The van der Waals surface area contributed by atoms with Crippen LogP contribution in [0, 0.1) is 5.92 Å². The van der Waals surface area contributed by atoms with Crippen molar-refractivity contribution in [1.82, 2.24) is 19.3 Å². The van der Waals surface area contributed by atoms with Crippen molar-refractivity contribution in [2.45, 2.75) is 12.8 Å². The number of aromatic nitrogens is 3. The lowest BCUT2D eigenvalue weighted by Gasteiger charge is -2.35. The Morgan fingerprint density at radius 2 is 1.75 bits per heavy atom. The Balaban J connectivity index is 1.51. The molecule has 2 aromatic rings. The van der Waals surface area contributed by atoms with Gasteiger partial charge in [0.2, 0.25) is 5.91 Å². The smallest absolute Gasteiger partial charge is 0.225 e. The zero-order chi connectivity index (χ0) is 13.5. The van der Waals surface area contributed by atoms with Gasteiger partial charge in [-0.15, -0.1) is 0 Å². The molecule has 3 heterocycles. The van der Waals surface area contributed by atoms with Gasteiger partial charge in [0.25, 0.3) is 0 Å². The number of amides is 1. The Labute approximate surface area is 117 Å². The van der Waals surface area contributed by atoms with Crippen LogP contribution in [0.3, 0.4) is 0 Å². The summed E-state index contributed by atoms with van der Waals surface area (Å²) in [6, 6.07) is 0. The fourth-order valence-corrected chi connectivity index (χ4v) is 2.79. The Morgan fingerprint density at radius 1 is 1.05 bits per heavy atom. The highest BCUT2D eigenvalue weighted by Gasteiger charge is 2.34. The average molecular weight is 271 g/mol. The van der Waals surface area contributed by atoms with Gasteiger partial charge in [-0.25, -0.2) is 9.97 Å². The van der Waals surface area contributed by atoms with Gasteiger partial charge in [0.1, 0.15) is 0 Å². The van der Waals surface area contributed by atoms with Crippen LogP contribution >= 0.6 is 0 Å². The van der Waals surface area contributed by atoms with Crippen molar-refractivity contribution in [3.05, 3.63) is 24.8 Å². The van der Waals surface area contributed by atoms with Gasteiger partial charge in [-0.05, 0) is 12.8 Å². The van der Waals surface area contributed by atoms with E-state index in [4.69, 9.17) is 0 Å². The number of anilines is 1. The Hall–Kier alpha value is -2.11. The third-order valence-corrected chi connectivity index (χ3v) is 4.11. The molecule has 1 saturated carbocycles. The molecular weight excluding hydrogens is 254 g/mol. The first-order valence-corrected chi connectivity index (χ1v) is 7.14. The predicted octanol–water partition coefficient (Wildman–Crippen LogP) is 0.788. The van der Waals surface area contributed by atoms with E-state index >= 15 is 0 Å². The van der Waals surface area contributed by atoms with Crippen LogP contribution in [-0.2, 0) is 4.79 Å². The highest BCUT2D eigenvalue weighted by molar-refractivity contribution is 5.81. The number of carbonyl (C=O) groups excluding carboxylic acids is 1. The molecule has 1 saturated heterocycles. The van der Waals surface area contributed by atoms with Gasteiger partial charge in [-0.1, -0.05) is 0 Å². The number of hydrogen-bond donors (Lipinski definition) is 0. The minimum absolute atomic E-state index is 0.315. The van der Waals surface area contributed by atoms with E-state index in [1.165, 1.54) is 0 Å². The molecule has 0 aromatic carbocycles. The van der Waals surface area contributed by atoms with Crippen molar-refractivity contribution >= 4 is 17.4 Å². The minimum Gasteiger partial charge on any atom is -0.350 e. The third-order valence-electron chi connectivity index (χ3n) is 4.11. The number of fused-ring (bicyclic) bond motifs is 1. The van der Waals surface area contributed by atoms with Crippen LogP contribution < -0.4 is 4.90 Å². The van der Waals surface area contributed by atoms with Crippen molar-refractivity contribution < 1.29 is 4.79 Å². The molecule has 0 spiro atoms. The molecule has 1 aliphatic carbocycles. The molecule has 0 radical (unpaired) electrons. The molecule has 2 fully saturated rings. The third kappa shape index (κ3) is 1.92. The maximum absolute atomic E-state index is 12.0. The maximum Gasteiger partial charge on any atom is 0.225 e. The summed E-state index contributed by atoms with van der Waals surface area (Å²) in [5.74, 6) is 1.57. The van der Waals surface area contributed by atoms with Crippen molar-refractivity contribution in [1.29, 1.82) is 0 Å². The Kier molecular flexibility index (Phi) is 2.61. The van der Waals surface area contributed by atoms with Crippen molar-refractivity contribution in [2.75, 3.05) is 31.1 Å². The number of hydrogen-bond acceptors (Lipinski definition) is 4. The van der Waals surface area contributed by atoms with E-state index in [9.17, 15) is 4.79 Å². The Bertz CT molecular complexity index is 640. The lowest BCUT2D eigenvalue weighted by atomic mass is 10.2. The largest absolute Gasteiger partial charge is 0.350 e. The first-order chi connectivity index (χ1) is 9.83. The number of rotatable bonds is 2. The summed E-state index contributed by atoms with van der Waals surface area (Å²) in [4.78, 5) is 25.1. The van der Waals surface area contributed by atoms with E-state index in [0.717, 1.165) is 50.5 Å². The summed E-state index contributed by atoms with van der Waals surface area (Å²) in [6.07, 6.45) is 9.56. The zero-order valence-corrected chi connectivity index (χ0v) is 11.3. The normalized spacial score (nSPS) is 19.6. The number of nitrogens with zero attached hydrogens (tertiary/aromatic N) is 5. The van der Waals surface area contributed by atoms with Crippen LogP contribution in [0.1, 0.15) is 12.8 Å². The molecular formula is C14H17N5O. The molecule has 0 unspecified atom stereocenters. The molecule has 6 heteroatoms. The second kappa shape index (κ2) is 4.47. The molecule has 104 valence electrons. The van der Waals surface area contributed by atoms with Crippen LogP contribution in [-0.4, -0.2) is 51.4 Å².